The normalized spacial score (nSPS) is 22.6. The molecule has 1 aromatic rings. The Labute approximate surface area is 80.8 Å². The van der Waals surface area contributed by atoms with Gasteiger partial charge in [0.25, 0.3) is 0 Å². The van der Waals surface area contributed by atoms with E-state index in [4.69, 9.17) is 0 Å². The van der Waals surface area contributed by atoms with Crippen LogP contribution in [0.3, 0.4) is 0 Å². The Kier molecular flexibility index (Phi) is 2.44. The average Bonchev–Trinajstić information content (AvgIpc) is 2.71. The van der Waals surface area contributed by atoms with Crippen molar-refractivity contribution in [3.63, 3.8) is 0 Å². The van der Waals surface area contributed by atoms with Crippen LogP contribution in [0.25, 0.3) is 0 Å². The molecule has 0 bridgehead atoms. The second-order valence-electron chi connectivity index (χ2n) is 3.27. The second-order valence-corrected chi connectivity index (χ2v) is 4.00. The van der Waals surface area contributed by atoms with E-state index < -0.39 is 0 Å². The lowest BCUT2D eigenvalue weighted by Gasteiger charge is -2.20. The van der Waals surface area contributed by atoms with Gasteiger partial charge in [0, 0.05) is 18.1 Å². The van der Waals surface area contributed by atoms with Crippen LogP contribution >= 0.6 is 11.5 Å². The molecule has 0 aromatic carbocycles. The van der Waals surface area contributed by atoms with Crippen molar-refractivity contribution in [1.82, 2.24) is 9.36 Å². The quantitative estimate of drug-likeness (QED) is 0.730. The molecule has 13 heavy (non-hydrogen) atoms. The highest BCUT2D eigenvalue weighted by molar-refractivity contribution is 7.09. The molecule has 0 amide bonds. The predicted molar refractivity (Wildman–Crippen MR) is 51.0 cm³/mol. The largest absolute Gasteiger partial charge is 0.341 e. The summed E-state index contributed by atoms with van der Waals surface area (Å²) in [5, 5.41) is 0.873. The van der Waals surface area contributed by atoms with Gasteiger partial charge in [0.2, 0.25) is 5.13 Å². The van der Waals surface area contributed by atoms with Crippen molar-refractivity contribution in [2.75, 3.05) is 18.1 Å². The van der Waals surface area contributed by atoms with Crippen LogP contribution in [0.15, 0.2) is 0 Å². The summed E-state index contributed by atoms with van der Waals surface area (Å²) in [5.74, 6) is 0.782. The second kappa shape index (κ2) is 3.57. The summed E-state index contributed by atoms with van der Waals surface area (Å²) in [6.45, 7) is 2.50. The van der Waals surface area contributed by atoms with Crippen molar-refractivity contribution in [2.45, 2.75) is 25.8 Å². The number of alkyl halides is 1. The zero-order valence-corrected chi connectivity index (χ0v) is 8.35. The van der Waals surface area contributed by atoms with Crippen molar-refractivity contribution >= 4 is 16.7 Å². The maximum atomic E-state index is 12.6. The molecule has 2 rings (SSSR count). The average molecular weight is 201 g/mol. The third-order valence-corrected chi connectivity index (χ3v) is 3.16. The van der Waals surface area contributed by atoms with Crippen LogP contribution in [0.1, 0.15) is 18.7 Å². The number of hydrogen-bond acceptors (Lipinski definition) is 4. The first-order valence-electron chi connectivity index (χ1n) is 4.44. The maximum absolute atomic E-state index is 12.6. The smallest absolute Gasteiger partial charge is 0.205 e. The lowest BCUT2D eigenvalue weighted by molar-refractivity contribution is 0.428. The first-order valence-corrected chi connectivity index (χ1v) is 5.21. The Hall–Kier alpha value is -0.710. The standard InChI is InChI=1S/C8H12FN3S/c1-6-10-8(13-11-6)12-4-2-3-7(12)5-9/h7H,2-5H2,1H3. The SMILES string of the molecule is Cc1nsc(N2CCCC2CF)n1. The van der Waals surface area contributed by atoms with Gasteiger partial charge >= 0.3 is 0 Å². The summed E-state index contributed by atoms with van der Waals surface area (Å²) in [7, 11) is 0. The van der Waals surface area contributed by atoms with Crippen LogP contribution < -0.4 is 4.90 Å². The van der Waals surface area contributed by atoms with E-state index in [-0.39, 0.29) is 12.7 Å². The zero-order valence-electron chi connectivity index (χ0n) is 7.53. The van der Waals surface area contributed by atoms with E-state index in [0.717, 1.165) is 30.3 Å². The molecule has 1 fully saturated rings. The molecule has 0 spiro atoms. The van der Waals surface area contributed by atoms with Crippen LogP contribution in [0.5, 0.6) is 0 Å². The van der Waals surface area contributed by atoms with Gasteiger partial charge < -0.3 is 4.90 Å². The number of hydrogen-bond donors (Lipinski definition) is 0. The van der Waals surface area contributed by atoms with Gasteiger partial charge in [-0.1, -0.05) is 0 Å². The first-order chi connectivity index (χ1) is 6.31. The molecule has 1 aliphatic heterocycles. The van der Waals surface area contributed by atoms with Gasteiger partial charge in [0.1, 0.15) is 12.5 Å². The van der Waals surface area contributed by atoms with Gasteiger partial charge in [-0.15, -0.1) is 0 Å². The van der Waals surface area contributed by atoms with Crippen LogP contribution in [-0.2, 0) is 0 Å². The molecule has 1 unspecified atom stereocenters. The molecule has 1 aliphatic rings. The maximum Gasteiger partial charge on any atom is 0.205 e. The minimum Gasteiger partial charge on any atom is -0.341 e. The fourth-order valence-electron chi connectivity index (χ4n) is 1.65. The Morgan fingerprint density at radius 1 is 1.69 bits per heavy atom. The lowest BCUT2D eigenvalue weighted by atomic mass is 10.2. The van der Waals surface area contributed by atoms with Gasteiger partial charge in [-0.25, -0.2) is 9.37 Å². The van der Waals surface area contributed by atoms with Gasteiger partial charge in [-0.05, 0) is 19.8 Å². The van der Waals surface area contributed by atoms with Crippen LogP contribution in [0.2, 0.25) is 0 Å². The summed E-state index contributed by atoms with van der Waals surface area (Å²) < 4.78 is 16.7. The summed E-state index contributed by atoms with van der Waals surface area (Å²) in [4.78, 5) is 6.29. The Balaban J connectivity index is 2.15. The third-order valence-electron chi connectivity index (χ3n) is 2.32. The van der Waals surface area contributed by atoms with E-state index in [1.54, 1.807) is 0 Å². The first kappa shape index (κ1) is 8.87. The molecule has 0 aliphatic carbocycles. The van der Waals surface area contributed by atoms with Gasteiger partial charge in [-0.2, -0.15) is 4.37 Å². The van der Waals surface area contributed by atoms with Crippen LogP contribution in [-0.4, -0.2) is 28.6 Å². The van der Waals surface area contributed by atoms with Crippen molar-refractivity contribution in [3.05, 3.63) is 5.82 Å². The van der Waals surface area contributed by atoms with E-state index in [9.17, 15) is 4.39 Å². The van der Waals surface area contributed by atoms with E-state index in [1.807, 2.05) is 11.8 Å². The number of anilines is 1. The van der Waals surface area contributed by atoms with E-state index >= 15 is 0 Å². The summed E-state index contributed by atoms with van der Waals surface area (Å²) in [6.07, 6.45) is 2.00. The molecule has 1 aromatic heterocycles. The molecule has 0 saturated carbocycles. The molecular weight excluding hydrogens is 189 g/mol. The molecule has 72 valence electrons. The van der Waals surface area contributed by atoms with Gasteiger partial charge in [-0.3, -0.25) is 0 Å². The zero-order chi connectivity index (χ0) is 9.26. The Morgan fingerprint density at radius 2 is 2.54 bits per heavy atom. The third kappa shape index (κ3) is 1.65. The minimum atomic E-state index is -0.279. The summed E-state index contributed by atoms with van der Waals surface area (Å²) >= 11 is 1.36. The van der Waals surface area contributed by atoms with E-state index in [2.05, 4.69) is 9.36 Å². The summed E-state index contributed by atoms with van der Waals surface area (Å²) in [6, 6.07) is 0.0346. The van der Waals surface area contributed by atoms with Crippen molar-refractivity contribution in [1.29, 1.82) is 0 Å². The van der Waals surface area contributed by atoms with Gasteiger partial charge in [0.15, 0.2) is 0 Å². The topological polar surface area (TPSA) is 29.0 Å². The van der Waals surface area contributed by atoms with Crippen molar-refractivity contribution < 1.29 is 4.39 Å². The summed E-state index contributed by atoms with van der Waals surface area (Å²) in [5.41, 5.74) is 0. The highest BCUT2D eigenvalue weighted by atomic mass is 32.1. The highest BCUT2D eigenvalue weighted by Crippen LogP contribution is 2.26. The number of aromatic nitrogens is 2. The molecule has 2 heterocycles. The molecule has 5 heteroatoms. The number of rotatable bonds is 2. The van der Waals surface area contributed by atoms with Crippen molar-refractivity contribution in [3.8, 4) is 0 Å². The fraction of sp³-hybridized carbons (Fsp3) is 0.750. The van der Waals surface area contributed by atoms with E-state index in [0.29, 0.717) is 0 Å². The molecular formula is C8H12FN3S. The Morgan fingerprint density at radius 3 is 3.15 bits per heavy atom. The monoisotopic (exact) mass is 201 g/mol. The fourth-order valence-corrected chi connectivity index (χ4v) is 2.42. The van der Waals surface area contributed by atoms with E-state index in [1.165, 1.54) is 11.5 Å². The number of halogens is 1. The lowest BCUT2D eigenvalue weighted by Crippen LogP contribution is -2.30. The molecule has 3 nitrogen and oxygen atoms in total. The number of aryl methyl sites for hydroxylation is 1. The molecule has 0 N–H and O–H groups in total. The molecule has 1 saturated heterocycles. The van der Waals surface area contributed by atoms with Crippen LogP contribution in [0, 0.1) is 6.92 Å². The predicted octanol–water partition coefficient (Wildman–Crippen LogP) is 1.78. The Bertz CT molecular complexity index is 289. The minimum absolute atomic E-state index is 0.0346. The van der Waals surface area contributed by atoms with Gasteiger partial charge in [0.05, 0.1) is 6.04 Å². The van der Waals surface area contributed by atoms with Crippen molar-refractivity contribution in [2.24, 2.45) is 0 Å². The van der Waals surface area contributed by atoms with Crippen LogP contribution in [0.4, 0.5) is 9.52 Å². The molecule has 1 atom stereocenters. The molecule has 0 radical (unpaired) electrons. The number of nitrogens with zero attached hydrogens (tertiary/aromatic N) is 3. The highest BCUT2D eigenvalue weighted by Gasteiger charge is 2.26.